The molecule has 0 fully saturated rings. The number of pyridine rings is 1. The monoisotopic (exact) mass is 257 g/mol. The van der Waals surface area contributed by atoms with Gasteiger partial charge in [0.15, 0.2) is 0 Å². The highest BCUT2D eigenvalue weighted by atomic mass is 35.5. The summed E-state index contributed by atoms with van der Waals surface area (Å²) in [5.74, 6) is 0.00165. The number of anilines is 1. The van der Waals surface area contributed by atoms with Crippen LogP contribution in [0.2, 0.25) is 5.15 Å². The lowest BCUT2D eigenvalue weighted by Gasteiger charge is -2.19. The lowest BCUT2D eigenvalue weighted by molar-refractivity contribution is 0.204. The first-order valence-corrected chi connectivity index (χ1v) is 5.70. The van der Waals surface area contributed by atoms with E-state index in [-0.39, 0.29) is 24.6 Å². The molecule has 0 radical (unpaired) electrons. The van der Waals surface area contributed by atoms with E-state index >= 15 is 0 Å². The number of nitrogens with zero attached hydrogens (tertiary/aromatic N) is 1. The number of carbonyl (C=O) groups excluding carboxylic acids is 1. The number of amides is 2. The van der Waals surface area contributed by atoms with Crippen molar-refractivity contribution in [2.45, 2.75) is 19.9 Å². The number of halogens is 1. The molecule has 1 aromatic heterocycles. The Morgan fingerprint density at radius 3 is 2.88 bits per heavy atom. The van der Waals surface area contributed by atoms with Crippen molar-refractivity contribution < 1.29 is 9.90 Å². The van der Waals surface area contributed by atoms with E-state index in [1.165, 1.54) is 6.20 Å². The molecule has 1 heterocycles. The van der Waals surface area contributed by atoms with Crippen LogP contribution in [0.3, 0.4) is 0 Å². The Morgan fingerprint density at radius 2 is 2.29 bits per heavy atom. The van der Waals surface area contributed by atoms with Crippen molar-refractivity contribution in [3.8, 4) is 0 Å². The Morgan fingerprint density at radius 1 is 1.59 bits per heavy atom. The molecule has 2 unspecified atom stereocenters. The maximum absolute atomic E-state index is 11.6. The van der Waals surface area contributed by atoms with Gasteiger partial charge in [-0.25, -0.2) is 9.78 Å². The molecule has 6 heteroatoms. The molecule has 0 aromatic carbocycles. The zero-order valence-corrected chi connectivity index (χ0v) is 10.5. The second kappa shape index (κ2) is 6.42. The topological polar surface area (TPSA) is 74.2 Å². The van der Waals surface area contributed by atoms with Crippen LogP contribution in [0.5, 0.6) is 0 Å². The molecule has 0 aliphatic rings. The highest BCUT2D eigenvalue weighted by molar-refractivity contribution is 6.29. The zero-order chi connectivity index (χ0) is 12.8. The Bertz CT molecular complexity index is 387. The Hall–Kier alpha value is -1.33. The summed E-state index contributed by atoms with van der Waals surface area (Å²) >= 11 is 5.69. The van der Waals surface area contributed by atoms with Crippen LogP contribution in [-0.4, -0.2) is 28.8 Å². The van der Waals surface area contributed by atoms with Gasteiger partial charge in [0.2, 0.25) is 0 Å². The van der Waals surface area contributed by atoms with Crippen LogP contribution in [0.25, 0.3) is 0 Å². The Kier molecular flexibility index (Phi) is 5.18. The van der Waals surface area contributed by atoms with Gasteiger partial charge >= 0.3 is 6.03 Å². The number of rotatable bonds is 4. The van der Waals surface area contributed by atoms with Gasteiger partial charge in [-0.1, -0.05) is 18.5 Å². The first-order valence-electron chi connectivity index (χ1n) is 5.33. The van der Waals surface area contributed by atoms with Crippen molar-refractivity contribution in [3.63, 3.8) is 0 Å². The van der Waals surface area contributed by atoms with Gasteiger partial charge in [-0.2, -0.15) is 0 Å². The van der Waals surface area contributed by atoms with Crippen molar-refractivity contribution in [3.05, 3.63) is 23.5 Å². The van der Waals surface area contributed by atoms with E-state index in [0.717, 1.165) is 0 Å². The summed E-state index contributed by atoms with van der Waals surface area (Å²) in [4.78, 5) is 15.4. The largest absolute Gasteiger partial charge is 0.396 e. The number of hydrogen-bond donors (Lipinski definition) is 3. The third-order valence-electron chi connectivity index (χ3n) is 2.48. The molecule has 0 saturated heterocycles. The van der Waals surface area contributed by atoms with Crippen molar-refractivity contribution in [2.75, 3.05) is 11.9 Å². The molecule has 0 spiro atoms. The molecule has 0 aliphatic heterocycles. The molecule has 3 N–H and O–H groups in total. The molecule has 0 aliphatic carbocycles. The summed E-state index contributed by atoms with van der Waals surface area (Å²) in [6, 6.07) is 2.75. The SMILES string of the molecule is CC(CO)C(C)NC(=O)Nc1ccnc(Cl)c1. The average molecular weight is 258 g/mol. The van der Waals surface area contributed by atoms with Crippen molar-refractivity contribution in [1.82, 2.24) is 10.3 Å². The van der Waals surface area contributed by atoms with Gasteiger partial charge in [0.25, 0.3) is 0 Å². The first-order chi connectivity index (χ1) is 8.02. The molecule has 1 aromatic rings. The molecule has 0 saturated carbocycles. The minimum Gasteiger partial charge on any atom is -0.396 e. The second-order valence-electron chi connectivity index (χ2n) is 3.91. The van der Waals surface area contributed by atoms with E-state index in [9.17, 15) is 4.79 Å². The summed E-state index contributed by atoms with van der Waals surface area (Å²) in [5.41, 5.74) is 0.575. The van der Waals surface area contributed by atoms with Crippen molar-refractivity contribution in [1.29, 1.82) is 0 Å². The van der Waals surface area contributed by atoms with E-state index in [2.05, 4.69) is 15.6 Å². The molecular weight excluding hydrogens is 242 g/mol. The summed E-state index contributed by atoms with van der Waals surface area (Å²) in [7, 11) is 0. The van der Waals surface area contributed by atoms with Crippen LogP contribution in [0.4, 0.5) is 10.5 Å². The van der Waals surface area contributed by atoms with Crippen LogP contribution < -0.4 is 10.6 Å². The molecular formula is C11H16ClN3O2. The van der Waals surface area contributed by atoms with Gasteiger partial charge < -0.3 is 15.7 Å². The van der Waals surface area contributed by atoms with Crippen molar-refractivity contribution in [2.24, 2.45) is 5.92 Å². The summed E-state index contributed by atoms with van der Waals surface area (Å²) in [6.07, 6.45) is 1.51. The number of aliphatic hydroxyl groups is 1. The van der Waals surface area contributed by atoms with Crippen LogP contribution >= 0.6 is 11.6 Å². The van der Waals surface area contributed by atoms with Gasteiger partial charge in [0.1, 0.15) is 5.15 Å². The quantitative estimate of drug-likeness (QED) is 0.721. The second-order valence-corrected chi connectivity index (χ2v) is 4.30. The van der Waals surface area contributed by atoms with Gasteiger partial charge in [-0.05, 0) is 25.0 Å². The number of aromatic nitrogens is 1. The standard InChI is InChI=1S/C11H16ClN3O2/c1-7(6-16)8(2)14-11(17)15-9-3-4-13-10(12)5-9/h3-5,7-8,16H,6H2,1-2H3,(H2,13,14,15,17). The molecule has 5 nitrogen and oxygen atoms in total. The maximum Gasteiger partial charge on any atom is 0.319 e. The molecule has 1 rings (SSSR count). The number of hydrogen-bond acceptors (Lipinski definition) is 3. The molecule has 17 heavy (non-hydrogen) atoms. The minimum atomic E-state index is -0.333. The Labute approximate surface area is 105 Å². The number of aliphatic hydroxyl groups excluding tert-OH is 1. The van der Waals surface area contributed by atoms with E-state index in [4.69, 9.17) is 16.7 Å². The lowest BCUT2D eigenvalue weighted by atomic mass is 10.1. The number of urea groups is 1. The smallest absolute Gasteiger partial charge is 0.319 e. The van der Waals surface area contributed by atoms with Gasteiger partial charge in [-0.3, -0.25) is 0 Å². The summed E-state index contributed by atoms with van der Waals surface area (Å²) in [6.45, 7) is 3.72. The molecule has 0 bridgehead atoms. The molecule has 94 valence electrons. The molecule has 2 atom stereocenters. The normalized spacial score (nSPS) is 13.9. The minimum absolute atomic E-state index is 0.00165. The van der Waals surface area contributed by atoms with Crippen LogP contribution in [0.1, 0.15) is 13.8 Å². The van der Waals surface area contributed by atoms with Crippen LogP contribution in [0, 0.1) is 5.92 Å². The van der Waals surface area contributed by atoms with E-state index in [1.807, 2.05) is 13.8 Å². The predicted octanol–water partition coefficient (Wildman–Crippen LogP) is 1.87. The van der Waals surface area contributed by atoms with Gasteiger partial charge in [0, 0.05) is 24.5 Å². The van der Waals surface area contributed by atoms with Crippen LogP contribution in [-0.2, 0) is 0 Å². The van der Waals surface area contributed by atoms with E-state index < -0.39 is 0 Å². The fourth-order valence-electron chi connectivity index (χ4n) is 1.15. The third kappa shape index (κ3) is 4.58. The van der Waals surface area contributed by atoms with E-state index in [0.29, 0.717) is 10.8 Å². The molecule has 2 amide bonds. The lowest BCUT2D eigenvalue weighted by Crippen LogP contribution is -2.40. The number of carbonyl (C=O) groups is 1. The number of nitrogens with one attached hydrogen (secondary N) is 2. The third-order valence-corrected chi connectivity index (χ3v) is 2.69. The fourth-order valence-corrected chi connectivity index (χ4v) is 1.33. The van der Waals surface area contributed by atoms with Crippen molar-refractivity contribution >= 4 is 23.3 Å². The highest BCUT2D eigenvalue weighted by Crippen LogP contribution is 2.11. The summed E-state index contributed by atoms with van der Waals surface area (Å²) < 4.78 is 0. The highest BCUT2D eigenvalue weighted by Gasteiger charge is 2.13. The van der Waals surface area contributed by atoms with E-state index in [1.54, 1.807) is 12.1 Å². The van der Waals surface area contributed by atoms with Crippen LogP contribution in [0.15, 0.2) is 18.3 Å². The summed E-state index contributed by atoms with van der Waals surface area (Å²) in [5, 5.41) is 14.6. The van der Waals surface area contributed by atoms with Gasteiger partial charge in [0.05, 0.1) is 0 Å². The fraction of sp³-hybridized carbons (Fsp3) is 0.455. The first kappa shape index (κ1) is 13.7. The maximum atomic E-state index is 11.6. The Balaban J connectivity index is 2.50. The average Bonchev–Trinajstić information content (AvgIpc) is 2.27. The zero-order valence-electron chi connectivity index (χ0n) is 9.77. The predicted molar refractivity (Wildman–Crippen MR) is 67.1 cm³/mol. The van der Waals surface area contributed by atoms with Gasteiger partial charge in [-0.15, -0.1) is 0 Å².